The van der Waals surface area contributed by atoms with Gasteiger partial charge in [0.15, 0.2) is 0 Å². The van der Waals surface area contributed by atoms with E-state index in [1.807, 2.05) is 4.90 Å². The van der Waals surface area contributed by atoms with E-state index in [4.69, 9.17) is 5.73 Å². The average molecular weight is 267 g/mol. The van der Waals surface area contributed by atoms with Crippen molar-refractivity contribution in [1.29, 1.82) is 0 Å². The summed E-state index contributed by atoms with van der Waals surface area (Å²) in [4.78, 5) is 17.4. The summed E-state index contributed by atoms with van der Waals surface area (Å²) < 4.78 is 0. The zero-order valence-electron chi connectivity index (χ0n) is 10.8. The van der Waals surface area contributed by atoms with Crippen molar-refractivity contribution in [1.82, 2.24) is 9.80 Å². The van der Waals surface area contributed by atoms with Crippen LogP contribution in [0.2, 0.25) is 0 Å². The van der Waals surface area contributed by atoms with Crippen LogP contribution in [0.5, 0.6) is 0 Å². The molecular weight excluding hydrogens is 246 g/mol. The third-order valence-electron chi connectivity index (χ3n) is 3.56. The molecule has 5 heteroatoms. The van der Waals surface area contributed by atoms with Crippen LogP contribution in [0.25, 0.3) is 0 Å². The Hall–Kier alpha value is -0.910. The van der Waals surface area contributed by atoms with Gasteiger partial charge >= 0.3 is 0 Å². The molecule has 0 aliphatic carbocycles. The van der Waals surface area contributed by atoms with Crippen LogP contribution in [0.3, 0.4) is 0 Å². The van der Waals surface area contributed by atoms with Gasteiger partial charge in [-0.1, -0.05) is 6.07 Å². The first-order chi connectivity index (χ1) is 8.72. The first-order valence-electron chi connectivity index (χ1n) is 6.47. The Morgan fingerprint density at radius 1 is 1.44 bits per heavy atom. The van der Waals surface area contributed by atoms with Gasteiger partial charge in [-0.15, -0.1) is 11.3 Å². The predicted molar refractivity (Wildman–Crippen MR) is 74.6 cm³/mol. The van der Waals surface area contributed by atoms with E-state index in [9.17, 15) is 4.79 Å². The molecule has 100 valence electrons. The summed E-state index contributed by atoms with van der Waals surface area (Å²) >= 11 is 1.80. The highest BCUT2D eigenvalue weighted by Gasteiger charge is 2.22. The number of hydrogen-bond donors (Lipinski definition) is 1. The van der Waals surface area contributed by atoms with Crippen molar-refractivity contribution >= 4 is 17.2 Å². The lowest BCUT2D eigenvalue weighted by Crippen LogP contribution is -2.39. The molecule has 1 fully saturated rings. The quantitative estimate of drug-likeness (QED) is 0.898. The minimum Gasteiger partial charge on any atom is -0.340 e. The molecule has 0 spiro atoms. The monoisotopic (exact) mass is 267 g/mol. The van der Waals surface area contributed by atoms with Gasteiger partial charge in [0.1, 0.15) is 0 Å². The Labute approximate surface area is 112 Å². The standard InChI is InChI=1S/C13H21N3OS/c1-11(12-4-2-9-18-12)15-5-3-6-16(8-7-15)13(17)10-14/h2,4,9,11H,3,5-8,10,14H2,1H3. The summed E-state index contributed by atoms with van der Waals surface area (Å²) in [5.41, 5.74) is 5.42. The van der Waals surface area contributed by atoms with Gasteiger partial charge in [-0.25, -0.2) is 0 Å². The molecule has 1 unspecified atom stereocenters. The van der Waals surface area contributed by atoms with Crippen LogP contribution in [0.15, 0.2) is 17.5 Å². The lowest BCUT2D eigenvalue weighted by Gasteiger charge is -2.27. The molecule has 0 bridgehead atoms. The van der Waals surface area contributed by atoms with Gasteiger partial charge in [-0.3, -0.25) is 9.69 Å². The highest BCUT2D eigenvalue weighted by atomic mass is 32.1. The Morgan fingerprint density at radius 2 is 2.28 bits per heavy atom. The maximum atomic E-state index is 11.6. The fourth-order valence-electron chi connectivity index (χ4n) is 2.41. The molecule has 2 heterocycles. The summed E-state index contributed by atoms with van der Waals surface area (Å²) in [5.74, 6) is 0.0700. The molecule has 1 atom stereocenters. The molecule has 0 saturated carbocycles. The van der Waals surface area contributed by atoms with Gasteiger partial charge in [-0.2, -0.15) is 0 Å². The predicted octanol–water partition coefficient (Wildman–Crippen LogP) is 1.30. The summed E-state index contributed by atoms with van der Waals surface area (Å²) in [7, 11) is 0. The molecule has 2 N–H and O–H groups in total. The maximum absolute atomic E-state index is 11.6. The van der Waals surface area contributed by atoms with Crippen molar-refractivity contribution in [3.05, 3.63) is 22.4 Å². The lowest BCUT2D eigenvalue weighted by molar-refractivity contribution is -0.129. The largest absolute Gasteiger partial charge is 0.340 e. The number of nitrogens with zero attached hydrogens (tertiary/aromatic N) is 2. The number of rotatable bonds is 3. The minimum absolute atomic E-state index is 0.0700. The van der Waals surface area contributed by atoms with Crippen LogP contribution >= 0.6 is 11.3 Å². The van der Waals surface area contributed by atoms with E-state index in [1.165, 1.54) is 4.88 Å². The molecule has 1 aliphatic rings. The second-order valence-corrected chi connectivity index (χ2v) is 5.65. The van der Waals surface area contributed by atoms with E-state index in [0.717, 1.165) is 32.6 Å². The fourth-order valence-corrected chi connectivity index (χ4v) is 3.23. The molecule has 1 amide bonds. The highest BCUT2D eigenvalue weighted by Crippen LogP contribution is 2.25. The second kappa shape index (κ2) is 6.31. The van der Waals surface area contributed by atoms with Gasteiger partial charge in [-0.05, 0) is 24.8 Å². The maximum Gasteiger partial charge on any atom is 0.236 e. The number of amides is 1. The highest BCUT2D eigenvalue weighted by molar-refractivity contribution is 7.10. The first kappa shape index (κ1) is 13.5. The van der Waals surface area contributed by atoms with Crippen molar-refractivity contribution in [2.75, 3.05) is 32.7 Å². The average Bonchev–Trinajstić information content (AvgIpc) is 2.81. The number of nitrogens with two attached hydrogens (primary N) is 1. The first-order valence-corrected chi connectivity index (χ1v) is 7.35. The third kappa shape index (κ3) is 3.10. The Bertz CT molecular complexity index is 380. The summed E-state index contributed by atoms with van der Waals surface area (Å²) in [5, 5.41) is 2.12. The van der Waals surface area contributed by atoms with E-state index in [2.05, 4.69) is 29.3 Å². The summed E-state index contributed by atoms with van der Waals surface area (Å²) in [6.45, 7) is 5.99. The van der Waals surface area contributed by atoms with E-state index in [1.54, 1.807) is 11.3 Å². The van der Waals surface area contributed by atoms with Crippen molar-refractivity contribution in [3.63, 3.8) is 0 Å². The molecule has 1 aromatic rings. The molecule has 1 aliphatic heterocycles. The zero-order chi connectivity index (χ0) is 13.0. The molecule has 0 radical (unpaired) electrons. The van der Waals surface area contributed by atoms with Crippen LogP contribution in [0, 0.1) is 0 Å². The van der Waals surface area contributed by atoms with Crippen LogP contribution in [-0.4, -0.2) is 48.4 Å². The van der Waals surface area contributed by atoms with Crippen molar-refractivity contribution in [2.24, 2.45) is 5.73 Å². The fraction of sp³-hybridized carbons (Fsp3) is 0.615. The zero-order valence-corrected chi connectivity index (χ0v) is 11.7. The molecule has 1 aromatic heterocycles. The molecule has 4 nitrogen and oxygen atoms in total. The smallest absolute Gasteiger partial charge is 0.236 e. The number of carbonyl (C=O) groups excluding carboxylic acids is 1. The topological polar surface area (TPSA) is 49.6 Å². The SMILES string of the molecule is CC(c1cccs1)N1CCCN(C(=O)CN)CC1. The van der Waals surface area contributed by atoms with Crippen LogP contribution in [0.1, 0.15) is 24.3 Å². The van der Waals surface area contributed by atoms with Gasteiger partial charge in [0.2, 0.25) is 5.91 Å². The second-order valence-electron chi connectivity index (χ2n) is 4.67. The van der Waals surface area contributed by atoms with Crippen LogP contribution < -0.4 is 5.73 Å². The Kier molecular flexibility index (Phi) is 4.74. The third-order valence-corrected chi connectivity index (χ3v) is 4.60. The molecule has 0 aromatic carbocycles. The molecular formula is C13H21N3OS. The van der Waals surface area contributed by atoms with E-state index in [-0.39, 0.29) is 12.5 Å². The number of carbonyl (C=O) groups is 1. The Morgan fingerprint density at radius 3 is 2.94 bits per heavy atom. The van der Waals surface area contributed by atoms with Gasteiger partial charge < -0.3 is 10.6 Å². The van der Waals surface area contributed by atoms with Gasteiger partial charge in [0.05, 0.1) is 6.54 Å². The van der Waals surface area contributed by atoms with E-state index in [0.29, 0.717) is 6.04 Å². The minimum atomic E-state index is 0.0700. The lowest BCUT2D eigenvalue weighted by atomic mass is 10.2. The number of thiophene rings is 1. The Balaban J connectivity index is 1.94. The van der Waals surface area contributed by atoms with Crippen molar-refractivity contribution in [3.8, 4) is 0 Å². The van der Waals surface area contributed by atoms with E-state index >= 15 is 0 Å². The summed E-state index contributed by atoms with van der Waals surface area (Å²) in [6.07, 6.45) is 1.03. The summed E-state index contributed by atoms with van der Waals surface area (Å²) in [6, 6.07) is 4.72. The molecule has 2 rings (SSSR count). The van der Waals surface area contributed by atoms with E-state index < -0.39 is 0 Å². The van der Waals surface area contributed by atoms with Gasteiger partial charge in [0, 0.05) is 37.1 Å². The van der Waals surface area contributed by atoms with Gasteiger partial charge in [0.25, 0.3) is 0 Å². The molecule has 1 saturated heterocycles. The van der Waals surface area contributed by atoms with Crippen molar-refractivity contribution in [2.45, 2.75) is 19.4 Å². The van der Waals surface area contributed by atoms with Crippen LogP contribution in [-0.2, 0) is 4.79 Å². The molecule has 18 heavy (non-hydrogen) atoms. The normalized spacial score (nSPS) is 19.6. The number of hydrogen-bond acceptors (Lipinski definition) is 4. The van der Waals surface area contributed by atoms with Crippen molar-refractivity contribution < 1.29 is 4.79 Å². The van der Waals surface area contributed by atoms with Crippen LogP contribution in [0.4, 0.5) is 0 Å².